The maximum absolute atomic E-state index is 9.71. The quantitative estimate of drug-likeness (QED) is 0.900. The van der Waals surface area contributed by atoms with Gasteiger partial charge in [0.2, 0.25) is 0 Å². The maximum atomic E-state index is 9.71. The molecule has 1 aliphatic heterocycles. The zero-order chi connectivity index (χ0) is 12.4. The van der Waals surface area contributed by atoms with E-state index in [1.807, 2.05) is 17.5 Å². The summed E-state index contributed by atoms with van der Waals surface area (Å²) in [5.74, 6) is 0.909. The van der Waals surface area contributed by atoms with Crippen LogP contribution in [0.25, 0.3) is 10.6 Å². The van der Waals surface area contributed by atoms with Crippen LogP contribution in [0.5, 0.6) is 0 Å². The first-order valence-electron chi connectivity index (χ1n) is 6.12. The van der Waals surface area contributed by atoms with Gasteiger partial charge >= 0.3 is 0 Å². The molecule has 2 aromatic heterocycles. The standard InChI is InChI=1S/C13H15N3OS/c17-10-3-1-5-16(8-10)13-7-11(14-9-15-13)12-4-2-6-18-12/h2,4,6-7,9-10,17H,1,3,5,8H2. The zero-order valence-corrected chi connectivity index (χ0v) is 10.8. The van der Waals surface area contributed by atoms with Crippen LogP contribution < -0.4 is 4.90 Å². The number of β-amino-alcohol motifs (C(OH)–C–C–N with tert-alkyl or cyclic N) is 1. The van der Waals surface area contributed by atoms with E-state index in [2.05, 4.69) is 20.9 Å². The smallest absolute Gasteiger partial charge is 0.132 e. The van der Waals surface area contributed by atoms with E-state index in [1.54, 1.807) is 17.7 Å². The molecule has 0 radical (unpaired) electrons. The molecule has 3 heterocycles. The van der Waals surface area contributed by atoms with Gasteiger partial charge in [0.1, 0.15) is 12.1 Å². The van der Waals surface area contributed by atoms with Crippen LogP contribution in [0.2, 0.25) is 0 Å². The van der Waals surface area contributed by atoms with Crippen molar-refractivity contribution in [2.75, 3.05) is 18.0 Å². The molecule has 1 saturated heterocycles. The summed E-state index contributed by atoms with van der Waals surface area (Å²) in [6.07, 6.45) is 3.27. The average molecular weight is 261 g/mol. The van der Waals surface area contributed by atoms with Crippen molar-refractivity contribution in [2.45, 2.75) is 18.9 Å². The summed E-state index contributed by atoms with van der Waals surface area (Å²) in [6.45, 7) is 1.62. The molecule has 0 aromatic carbocycles. The Morgan fingerprint density at radius 1 is 1.39 bits per heavy atom. The van der Waals surface area contributed by atoms with E-state index in [0.29, 0.717) is 6.54 Å². The topological polar surface area (TPSA) is 49.2 Å². The molecule has 3 rings (SSSR count). The van der Waals surface area contributed by atoms with Crippen molar-refractivity contribution in [1.29, 1.82) is 0 Å². The van der Waals surface area contributed by atoms with Crippen molar-refractivity contribution in [3.63, 3.8) is 0 Å². The van der Waals surface area contributed by atoms with Crippen LogP contribution in [-0.2, 0) is 0 Å². The Labute approximate surface area is 110 Å². The lowest BCUT2D eigenvalue weighted by Crippen LogP contribution is -2.38. The fourth-order valence-electron chi connectivity index (χ4n) is 2.24. The molecule has 2 aromatic rings. The zero-order valence-electron chi connectivity index (χ0n) is 9.99. The predicted octanol–water partition coefficient (Wildman–Crippen LogP) is 2.17. The van der Waals surface area contributed by atoms with Crippen LogP contribution in [0.1, 0.15) is 12.8 Å². The van der Waals surface area contributed by atoms with E-state index >= 15 is 0 Å². The second-order valence-electron chi connectivity index (χ2n) is 4.48. The molecule has 18 heavy (non-hydrogen) atoms. The summed E-state index contributed by atoms with van der Waals surface area (Å²) in [7, 11) is 0. The number of hydrogen-bond acceptors (Lipinski definition) is 5. The van der Waals surface area contributed by atoms with Crippen LogP contribution in [0, 0.1) is 0 Å². The molecular formula is C13H15N3OS. The molecule has 0 saturated carbocycles. The molecular weight excluding hydrogens is 246 g/mol. The molecule has 1 unspecified atom stereocenters. The van der Waals surface area contributed by atoms with Crippen LogP contribution >= 0.6 is 11.3 Å². The lowest BCUT2D eigenvalue weighted by Gasteiger charge is -2.30. The van der Waals surface area contributed by atoms with Crippen molar-refractivity contribution in [2.24, 2.45) is 0 Å². The largest absolute Gasteiger partial charge is 0.391 e. The lowest BCUT2D eigenvalue weighted by atomic mass is 10.1. The van der Waals surface area contributed by atoms with Gasteiger partial charge in [-0.2, -0.15) is 0 Å². The van der Waals surface area contributed by atoms with E-state index in [4.69, 9.17) is 0 Å². The fourth-order valence-corrected chi connectivity index (χ4v) is 2.94. The molecule has 5 heteroatoms. The number of piperidine rings is 1. The van der Waals surface area contributed by atoms with Crippen molar-refractivity contribution in [3.05, 3.63) is 29.9 Å². The van der Waals surface area contributed by atoms with E-state index in [1.165, 1.54) is 0 Å². The van der Waals surface area contributed by atoms with Gasteiger partial charge in [-0.1, -0.05) is 6.07 Å². The third kappa shape index (κ3) is 2.37. The number of thiophene rings is 1. The molecule has 1 N–H and O–H groups in total. The molecule has 1 atom stereocenters. The highest BCUT2D eigenvalue weighted by atomic mass is 32.1. The van der Waals surface area contributed by atoms with Gasteiger partial charge in [-0.3, -0.25) is 0 Å². The Morgan fingerprint density at radius 2 is 2.33 bits per heavy atom. The first-order chi connectivity index (χ1) is 8.83. The van der Waals surface area contributed by atoms with Gasteiger partial charge in [-0.25, -0.2) is 9.97 Å². The molecule has 1 aliphatic rings. The van der Waals surface area contributed by atoms with Gasteiger partial charge in [0.25, 0.3) is 0 Å². The third-order valence-corrected chi connectivity index (χ3v) is 4.04. The van der Waals surface area contributed by atoms with Gasteiger partial charge in [-0.15, -0.1) is 11.3 Å². The fraction of sp³-hybridized carbons (Fsp3) is 0.385. The van der Waals surface area contributed by atoms with Crippen LogP contribution in [0.4, 0.5) is 5.82 Å². The van der Waals surface area contributed by atoms with E-state index in [-0.39, 0.29) is 6.10 Å². The first-order valence-corrected chi connectivity index (χ1v) is 7.00. The second kappa shape index (κ2) is 5.04. The summed E-state index contributed by atoms with van der Waals surface area (Å²) < 4.78 is 0. The molecule has 0 amide bonds. The number of anilines is 1. The minimum absolute atomic E-state index is 0.237. The maximum Gasteiger partial charge on any atom is 0.132 e. The van der Waals surface area contributed by atoms with Crippen molar-refractivity contribution < 1.29 is 5.11 Å². The molecule has 4 nitrogen and oxygen atoms in total. The van der Waals surface area contributed by atoms with Crippen molar-refractivity contribution >= 4 is 17.2 Å². The molecule has 1 fully saturated rings. The number of rotatable bonds is 2. The third-order valence-electron chi connectivity index (χ3n) is 3.15. The Kier molecular flexibility index (Phi) is 3.25. The van der Waals surface area contributed by atoms with E-state index < -0.39 is 0 Å². The van der Waals surface area contributed by atoms with Crippen LogP contribution in [0.3, 0.4) is 0 Å². The average Bonchev–Trinajstić information content (AvgIpc) is 2.93. The lowest BCUT2D eigenvalue weighted by molar-refractivity contribution is 0.154. The van der Waals surface area contributed by atoms with E-state index in [0.717, 1.165) is 35.8 Å². The number of hydrogen-bond donors (Lipinski definition) is 1. The van der Waals surface area contributed by atoms with Crippen LogP contribution in [-0.4, -0.2) is 34.3 Å². The number of aliphatic hydroxyl groups excluding tert-OH is 1. The highest BCUT2D eigenvalue weighted by Gasteiger charge is 2.19. The molecule has 94 valence electrons. The monoisotopic (exact) mass is 261 g/mol. The highest BCUT2D eigenvalue weighted by molar-refractivity contribution is 7.13. The van der Waals surface area contributed by atoms with Crippen molar-refractivity contribution in [3.8, 4) is 10.6 Å². The molecule has 0 aliphatic carbocycles. The summed E-state index contributed by atoms with van der Waals surface area (Å²) >= 11 is 1.67. The molecule has 0 bridgehead atoms. The number of aromatic nitrogens is 2. The first kappa shape index (κ1) is 11.6. The predicted molar refractivity (Wildman–Crippen MR) is 72.8 cm³/mol. The van der Waals surface area contributed by atoms with Gasteiger partial charge < -0.3 is 10.0 Å². The number of aliphatic hydroxyl groups is 1. The summed E-state index contributed by atoms with van der Waals surface area (Å²) in [4.78, 5) is 11.9. The Balaban J connectivity index is 1.86. The SMILES string of the molecule is OC1CCCN(c2cc(-c3cccs3)ncn2)C1. The van der Waals surface area contributed by atoms with Crippen molar-refractivity contribution in [1.82, 2.24) is 9.97 Å². The second-order valence-corrected chi connectivity index (χ2v) is 5.43. The van der Waals surface area contributed by atoms with Gasteiger partial charge in [0.05, 0.1) is 16.7 Å². The van der Waals surface area contributed by atoms with Gasteiger partial charge in [-0.05, 0) is 24.3 Å². The van der Waals surface area contributed by atoms with E-state index in [9.17, 15) is 5.11 Å². The minimum Gasteiger partial charge on any atom is -0.391 e. The van der Waals surface area contributed by atoms with Crippen LogP contribution in [0.15, 0.2) is 29.9 Å². The Hall–Kier alpha value is -1.46. The minimum atomic E-state index is -0.237. The normalized spacial score (nSPS) is 20.1. The molecule has 0 spiro atoms. The van der Waals surface area contributed by atoms with Gasteiger partial charge in [0.15, 0.2) is 0 Å². The highest BCUT2D eigenvalue weighted by Crippen LogP contribution is 2.26. The summed E-state index contributed by atoms with van der Waals surface area (Å²) in [5, 5.41) is 11.8. The summed E-state index contributed by atoms with van der Waals surface area (Å²) in [5.41, 5.74) is 0.954. The summed E-state index contributed by atoms with van der Waals surface area (Å²) in [6, 6.07) is 6.08. The number of nitrogens with zero attached hydrogens (tertiary/aromatic N) is 3. The Morgan fingerprint density at radius 3 is 3.11 bits per heavy atom. The van der Waals surface area contributed by atoms with Gasteiger partial charge in [0, 0.05) is 19.2 Å². The Bertz CT molecular complexity index is 515.